The Kier molecular flexibility index (Phi) is 8.30. The van der Waals surface area contributed by atoms with Gasteiger partial charge in [0.2, 0.25) is 5.91 Å². The van der Waals surface area contributed by atoms with Crippen LogP contribution in [0.1, 0.15) is 19.3 Å². The first-order valence-corrected chi connectivity index (χ1v) is 6.19. The van der Waals surface area contributed by atoms with Crippen LogP contribution >= 0.6 is 24.0 Å². The van der Waals surface area contributed by atoms with Gasteiger partial charge in [0, 0.05) is 41.3 Å². The van der Waals surface area contributed by atoms with Crippen LogP contribution < -0.4 is 0 Å². The van der Waals surface area contributed by atoms with Crippen LogP contribution in [0.15, 0.2) is 4.99 Å². The normalized spacial score (nSPS) is 14.6. The van der Waals surface area contributed by atoms with Gasteiger partial charge in [-0.3, -0.25) is 4.79 Å². The Morgan fingerprint density at radius 3 is 2.00 bits per heavy atom. The van der Waals surface area contributed by atoms with E-state index in [9.17, 15) is 4.79 Å². The van der Waals surface area contributed by atoms with E-state index in [0.717, 1.165) is 31.9 Å². The molecule has 106 valence electrons. The number of amides is 1. The van der Waals surface area contributed by atoms with E-state index in [1.165, 1.54) is 6.42 Å². The Morgan fingerprint density at radius 1 is 1.06 bits per heavy atom. The number of piperidine rings is 1. The van der Waals surface area contributed by atoms with E-state index >= 15 is 0 Å². The second-order valence-corrected chi connectivity index (χ2v) is 4.85. The number of nitrogens with zero attached hydrogens (tertiary/aromatic N) is 4. The molecule has 1 aliphatic heterocycles. The molecule has 0 aromatic heterocycles. The Bertz CT molecular complexity index is 276. The van der Waals surface area contributed by atoms with Crippen molar-refractivity contribution in [1.29, 1.82) is 0 Å². The first-order valence-electron chi connectivity index (χ1n) is 6.19. The highest BCUT2D eigenvalue weighted by atomic mass is 127. The van der Waals surface area contributed by atoms with Crippen molar-refractivity contribution in [3.8, 4) is 0 Å². The number of likely N-dealkylation sites (tertiary alicyclic amines) is 1. The summed E-state index contributed by atoms with van der Waals surface area (Å²) in [5.74, 6) is 0.973. The summed E-state index contributed by atoms with van der Waals surface area (Å²) in [7, 11) is 7.74. The lowest BCUT2D eigenvalue weighted by atomic mass is 10.1. The quantitative estimate of drug-likeness (QED) is 0.416. The zero-order valence-corrected chi connectivity index (χ0v) is 14.2. The molecule has 1 amide bonds. The fourth-order valence-corrected chi connectivity index (χ4v) is 2.06. The van der Waals surface area contributed by atoms with Gasteiger partial charge in [0.25, 0.3) is 0 Å². The smallest absolute Gasteiger partial charge is 0.244 e. The SMILES string of the molecule is CN(C)C(=NCC(=O)N1CCCCC1)N(C)C.I. The largest absolute Gasteiger partial charge is 0.349 e. The van der Waals surface area contributed by atoms with E-state index in [0.29, 0.717) is 0 Å². The van der Waals surface area contributed by atoms with Crippen molar-refractivity contribution in [2.24, 2.45) is 4.99 Å². The molecule has 0 unspecified atom stereocenters. The highest BCUT2D eigenvalue weighted by molar-refractivity contribution is 14.0. The summed E-state index contributed by atoms with van der Waals surface area (Å²) < 4.78 is 0. The van der Waals surface area contributed by atoms with Crippen LogP contribution in [0.2, 0.25) is 0 Å². The highest BCUT2D eigenvalue weighted by Crippen LogP contribution is 2.08. The molecule has 0 aliphatic carbocycles. The lowest BCUT2D eigenvalue weighted by Crippen LogP contribution is -2.39. The third-order valence-electron chi connectivity index (χ3n) is 2.86. The Labute approximate surface area is 127 Å². The Morgan fingerprint density at radius 2 is 1.56 bits per heavy atom. The van der Waals surface area contributed by atoms with Crippen LogP contribution in [0, 0.1) is 0 Å². The monoisotopic (exact) mass is 368 g/mol. The molecule has 1 saturated heterocycles. The Balaban J connectivity index is 0.00000289. The summed E-state index contributed by atoms with van der Waals surface area (Å²) >= 11 is 0. The van der Waals surface area contributed by atoms with Crippen LogP contribution in [-0.4, -0.2) is 74.4 Å². The lowest BCUT2D eigenvalue weighted by Gasteiger charge is -2.27. The van der Waals surface area contributed by atoms with E-state index in [1.807, 2.05) is 42.9 Å². The minimum atomic E-state index is 0. The third-order valence-corrected chi connectivity index (χ3v) is 2.86. The molecule has 1 heterocycles. The summed E-state index contributed by atoms with van der Waals surface area (Å²) in [6.07, 6.45) is 3.50. The molecular formula is C12H25IN4O. The topological polar surface area (TPSA) is 39.2 Å². The van der Waals surface area contributed by atoms with E-state index in [2.05, 4.69) is 4.99 Å². The molecule has 1 fully saturated rings. The lowest BCUT2D eigenvalue weighted by molar-refractivity contribution is -0.130. The fourth-order valence-electron chi connectivity index (χ4n) is 2.06. The second kappa shape index (κ2) is 8.55. The van der Waals surface area contributed by atoms with Crippen molar-refractivity contribution in [2.45, 2.75) is 19.3 Å². The second-order valence-electron chi connectivity index (χ2n) is 4.85. The van der Waals surface area contributed by atoms with Crippen molar-refractivity contribution in [3.63, 3.8) is 0 Å². The van der Waals surface area contributed by atoms with Gasteiger partial charge in [0.15, 0.2) is 5.96 Å². The third kappa shape index (κ3) is 5.41. The van der Waals surface area contributed by atoms with Gasteiger partial charge in [-0.05, 0) is 19.3 Å². The van der Waals surface area contributed by atoms with Crippen LogP contribution in [0.25, 0.3) is 0 Å². The van der Waals surface area contributed by atoms with Gasteiger partial charge >= 0.3 is 0 Å². The molecule has 6 heteroatoms. The van der Waals surface area contributed by atoms with Gasteiger partial charge in [-0.25, -0.2) is 4.99 Å². The number of carbonyl (C=O) groups is 1. The molecule has 18 heavy (non-hydrogen) atoms. The predicted molar refractivity (Wildman–Crippen MR) is 85.5 cm³/mol. The van der Waals surface area contributed by atoms with Gasteiger partial charge in [0.1, 0.15) is 6.54 Å². The Hall–Kier alpha value is -0.530. The number of hydrogen-bond acceptors (Lipinski definition) is 2. The van der Waals surface area contributed by atoms with Gasteiger partial charge in [0.05, 0.1) is 0 Å². The maximum atomic E-state index is 11.9. The van der Waals surface area contributed by atoms with Gasteiger partial charge < -0.3 is 14.7 Å². The molecule has 0 bridgehead atoms. The summed E-state index contributed by atoms with van der Waals surface area (Å²) in [6.45, 7) is 2.05. The molecule has 1 aliphatic rings. The summed E-state index contributed by atoms with van der Waals surface area (Å²) in [5, 5.41) is 0. The number of aliphatic imine (C=N–C) groups is 1. The summed E-state index contributed by atoms with van der Waals surface area (Å²) in [5.41, 5.74) is 0. The molecule has 0 spiro atoms. The van der Waals surface area contributed by atoms with Crippen LogP contribution in [0.3, 0.4) is 0 Å². The average molecular weight is 368 g/mol. The first-order chi connectivity index (χ1) is 8.02. The summed E-state index contributed by atoms with van der Waals surface area (Å²) in [4.78, 5) is 22.1. The molecular weight excluding hydrogens is 343 g/mol. The molecule has 5 nitrogen and oxygen atoms in total. The minimum Gasteiger partial charge on any atom is -0.349 e. The summed E-state index contributed by atoms with van der Waals surface area (Å²) in [6, 6.07) is 0. The minimum absolute atomic E-state index is 0. The highest BCUT2D eigenvalue weighted by Gasteiger charge is 2.16. The number of guanidine groups is 1. The average Bonchev–Trinajstić information content (AvgIpc) is 2.29. The molecule has 0 radical (unpaired) electrons. The van der Waals surface area contributed by atoms with Gasteiger partial charge in [-0.2, -0.15) is 0 Å². The van der Waals surface area contributed by atoms with E-state index in [-0.39, 0.29) is 36.4 Å². The van der Waals surface area contributed by atoms with E-state index in [1.54, 1.807) is 0 Å². The maximum Gasteiger partial charge on any atom is 0.244 e. The first kappa shape index (κ1) is 17.5. The van der Waals surface area contributed by atoms with Crippen LogP contribution in [-0.2, 0) is 4.79 Å². The van der Waals surface area contributed by atoms with Crippen molar-refractivity contribution in [3.05, 3.63) is 0 Å². The van der Waals surface area contributed by atoms with E-state index < -0.39 is 0 Å². The van der Waals surface area contributed by atoms with Crippen molar-refractivity contribution in [1.82, 2.24) is 14.7 Å². The molecule has 0 atom stereocenters. The molecule has 0 N–H and O–H groups in total. The molecule has 0 aromatic rings. The van der Waals surface area contributed by atoms with Gasteiger partial charge in [-0.1, -0.05) is 0 Å². The number of hydrogen-bond donors (Lipinski definition) is 0. The molecule has 0 aromatic carbocycles. The van der Waals surface area contributed by atoms with Crippen molar-refractivity contribution >= 4 is 35.8 Å². The number of rotatable bonds is 2. The van der Waals surface area contributed by atoms with Crippen molar-refractivity contribution < 1.29 is 4.79 Å². The number of halogens is 1. The number of carbonyl (C=O) groups excluding carboxylic acids is 1. The van der Waals surface area contributed by atoms with Gasteiger partial charge in [-0.15, -0.1) is 24.0 Å². The van der Waals surface area contributed by atoms with E-state index in [4.69, 9.17) is 0 Å². The van der Waals surface area contributed by atoms with Crippen LogP contribution in [0.5, 0.6) is 0 Å². The zero-order valence-electron chi connectivity index (χ0n) is 11.8. The maximum absolute atomic E-state index is 11.9. The predicted octanol–water partition coefficient (Wildman–Crippen LogP) is 1.10. The standard InChI is InChI=1S/C12H24N4O.HI/c1-14(2)12(15(3)4)13-10-11(17)16-8-6-5-7-9-16;/h5-10H2,1-4H3;1H. The molecule has 0 saturated carbocycles. The van der Waals surface area contributed by atoms with Crippen molar-refractivity contribution in [2.75, 3.05) is 47.8 Å². The van der Waals surface area contributed by atoms with Crippen LogP contribution in [0.4, 0.5) is 0 Å². The zero-order chi connectivity index (χ0) is 12.8. The molecule has 1 rings (SSSR count). The fraction of sp³-hybridized carbons (Fsp3) is 0.833.